The van der Waals surface area contributed by atoms with Crippen LogP contribution in [0.1, 0.15) is 33.6 Å². The summed E-state index contributed by atoms with van der Waals surface area (Å²) < 4.78 is 39.7. The number of rotatable bonds is 2. The number of allylic oxidation sites excluding steroid dienone is 2. The van der Waals surface area contributed by atoms with E-state index in [0.29, 0.717) is 78.2 Å². The lowest BCUT2D eigenvalue weighted by molar-refractivity contribution is -0.137. The summed E-state index contributed by atoms with van der Waals surface area (Å²) in [5.41, 5.74) is 9.59. The Balaban J connectivity index is 1.21. The minimum atomic E-state index is -4.48. The van der Waals surface area contributed by atoms with Gasteiger partial charge in [0, 0.05) is 22.3 Å². The summed E-state index contributed by atoms with van der Waals surface area (Å²) in [5, 5.41) is 40.0. The fourth-order valence-corrected chi connectivity index (χ4v) is 7.24. The standard InChI is InChI=1S/C44H19F3N8/c1-22-2-4-23(5-3-22)25-8-12-30-32(14-25)38(27(18-48)19-49)42-40(30)52-34-16-37-35(17-36(34)54-42)53-41-31-13-9-26(24-6-10-29(11-7-24)44(45,46)47)15-33(31)39(43(41)55-37)28(20-50)21-51/h2-17H,1H3. The van der Waals surface area contributed by atoms with E-state index in [9.17, 15) is 34.2 Å². The van der Waals surface area contributed by atoms with Gasteiger partial charge < -0.3 is 0 Å². The summed E-state index contributed by atoms with van der Waals surface area (Å²) in [6.45, 7) is 2.01. The van der Waals surface area contributed by atoms with Gasteiger partial charge in [0.2, 0.25) is 0 Å². The number of aromatic nitrogens is 4. The average molecular weight is 717 g/mol. The van der Waals surface area contributed by atoms with Crippen LogP contribution in [0.25, 0.3) is 78.0 Å². The van der Waals surface area contributed by atoms with Gasteiger partial charge in [0.25, 0.3) is 0 Å². The molecule has 0 N–H and O–H groups in total. The van der Waals surface area contributed by atoms with E-state index in [-0.39, 0.29) is 16.7 Å². The summed E-state index contributed by atoms with van der Waals surface area (Å²) in [6, 6.07) is 35.3. The van der Waals surface area contributed by atoms with Crippen LogP contribution in [0.2, 0.25) is 0 Å². The third-order valence-electron chi connectivity index (χ3n) is 9.89. The number of benzene rings is 5. The van der Waals surface area contributed by atoms with Crippen molar-refractivity contribution in [2.24, 2.45) is 0 Å². The van der Waals surface area contributed by atoms with Crippen LogP contribution in [-0.2, 0) is 6.18 Å². The molecule has 0 saturated carbocycles. The number of nitrogens with zero attached hydrogens (tertiary/aromatic N) is 8. The lowest BCUT2D eigenvalue weighted by Crippen LogP contribution is -2.03. The van der Waals surface area contributed by atoms with Crippen molar-refractivity contribution in [1.29, 1.82) is 21.0 Å². The molecule has 0 spiro atoms. The summed E-state index contributed by atoms with van der Waals surface area (Å²) in [4.78, 5) is 19.8. The second-order valence-electron chi connectivity index (χ2n) is 13.1. The van der Waals surface area contributed by atoms with Gasteiger partial charge in [-0.25, -0.2) is 19.9 Å². The zero-order valence-corrected chi connectivity index (χ0v) is 28.4. The maximum absolute atomic E-state index is 13.2. The Kier molecular flexibility index (Phi) is 7.20. The minimum absolute atomic E-state index is 0.0921. The quantitative estimate of drug-likeness (QED) is 0.127. The number of aryl methyl sites for hydroxylation is 1. The highest BCUT2D eigenvalue weighted by Gasteiger charge is 2.33. The van der Waals surface area contributed by atoms with E-state index in [2.05, 4.69) is 0 Å². The molecule has 0 bridgehead atoms. The highest BCUT2D eigenvalue weighted by molar-refractivity contribution is 6.07. The summed E-state index contributed by atoms with van der Waals surface area (Å²) in [6.07, 6.45) is -4.48. The molecule has 0 aliphatic heterocycles. The Morgan fingerprint density at radius 2 is 0.818 bits per heavy atom. The van der Waals surface area contributed by atoms with Crippen molar-refractivity contribution in [3.8, 4) is 69.0 Å². The van der Waals surface area contributed by atoms with Gasteiger partial charge in [-0.3, -0.25) is 0 Å². The van der Waals surface area contributed by atoms with E-state index in [0.717, 1.165) is 34.4 Å². The molecule has 11 heteroatoms. The van der Waals surface area contributed by atoms with E-state index in [1.54, 1.807) is 30.3 Å². The first-order chi connectivity index (χ1) is 26.6. The van der Waals surface area contributed by atoms with Crippen LogP contribution in [0, 0.1) is 52.2 Å². The van der Waals surface area contributed by atoms with Crippen molar-refractivity contribution in [2.45, 2.75) is 13.1 Å². The molecule has 8 nitrogen and oxygen atoms in total. The number of nitriles is 4. The largest absolute Gasteiger partial charge is 0.416 e. The first-order valence-electron chi connectivity index (χ1n) is 16.8. The van der Waals surface area contributed by atoms with Crippen LogP contribution in [0.3, 0.4) is 0 Å². The molecule has 0 amide bonds. The van der Waals surface area contributed by atoms with Gasteiger partial charge in [-0.15, -0.1) is 0 Å². The number of hydrogen-bond donors (Lipinski definition) is 0. The maximum Gasteiger partial charge on any atom is 0.416 e. The lowest BCUT2D eigenvalue weighted by Gasteiger charge is -2.09. The average Bonchev–Trinajstić information content (AvgIpc) is 3.67. The zero-order chi connectivity index (χ0) is 38.2. The smallest absolute Gasteiger partial charge is 0.244 e. The van der Waals surface area contributed by atoms with Crippen LogP contribution >= 0.6 is 0 Å². The van der Waals surface area contributed by atoms with Gasteiger partial charge in [-0.1, -0.05) is 66.2 Å². The molecule has 2 aromatic heterocycles. The van der Waals surface area contributed by atoms with Crippen LogP contribution < -0.4 is 0 Å². The van der Waals surface area contributed by atoms with E-state index in [1.807, 2.05) is 73.7 Å². The van der Waals surface area contributed by atoms with Crippen molar-refractivity contribution in [3.63, 3.8) is 0 Å². The molecule has 256 valence electrons. The van der Waals surface area contributed by atoms with Gasteiger partial charge in [0.1, 0.15) is 35.4 Å². The van der Waals surface area contributed by atoms with E-state index >= 15 is 0 Å². The lowest BCUT2D eigenvalue weighted by atomic mass is 9.96. The van der Waals surface area contributed by atoms with Gasteiger partial charge in [0.15, 0.2) is 0 Å². The maximum atomic E-state index is 13.2. The number of hydrogen-bond acceptors (Lipinski definition) is 8. The first-order valence-corrected chi connectivity index (χ1v) is 16.8. The molecule has 2 aliphatic carbocycles. The molecule has 0 fully saturated rings. The second-order valence-corrected chi connectivity index (χ2v) is 13.1. The summed E-state index contributed by atoms with van der Waals surface area (Å²) in [7, 11) is 0. The molecule has 0 radical (unpaired) electrons. The Morgan fingerprint density at radius 3 is 1.20 bits per heavy atom. The predicted octanol–water partition coefficient (Wildman–Crippen LogP) is 9.89. The van der Waals surface area contributed by atoms with E-state index in [1.165, 1.54) is 12.1 Å². The van der Waals surface area contributed by atoms with Crippen LogP contribution in [0.4, 0.5) is 13.2 Å². The normalized spacial score (nSPS) is 12.2. The molecule has 2 aliphatic rings. The van der Waals surface area contributed by atoms with Crippen molar-refractivity contribution < 1.29 is 13.2 Å². The van der Waals surface area contributed by atoms with Crippen molar-refractivity contribution in [2.75, 3.05) is 0 Å². The van der Waals surface area contributed by atoms with Crippen LogP contribution in [0.5, 0.6) is 0 Å². The van der Waals surface area contributed by atoms with Gasteiger partial charge in [-0.05, 0) is 76.7 Å². The molecule has 0 unspecified atom stereocenters. The Hall–Kier alpha value is -7.99. The number of fused-ring (bicyclic) bond motifs is 8. The summed E-state index contributed by atoms with van der Waals surface area (Å²) in [5.74, 6) is 0. The molecular formula is C44H19F3N8. The monoisotopic (exact) mass is 716 g/mol. The SMILES string of the molecule is Cc1ccc(-c2ccc3c(c2)C(=C(C#N)C#N)c2nc4cc5nc6c(nc5cc4nc2-3)C(=C(C#N)C#N)c2cc(-c3ccc(C(F)(F)F)cc3)ccc2-6)cc1. The summed E-state index contributed by atoms with van der Waals surface area (Å²) >= 11 is 0. The molecule has 9 rings (SSSR count). The van der Waals surface area contributed by atoms with Crippen molar-refractivity contribution >= 4 is 33.2 Å². The topological polar surface area (TPSA) is 147 Å². The van der Waals surface area contributed by atoms with Crippen LogP contribution in [-0.4, -0.2) is 19.9 Å². The van der Waals surface area contributed by atoms with Gasteiger partial charge in [-0.2, -0.15) is 34.2 Å². The number of alkyl halides is 3. The zero-order valence-electron chi connectivity index (χ0n) is 28.4. The van der Waals surface area contributed by atoms with Crippen LogP contribution in [0.15, 0.2) is 108 Å². The molecule has 2 heterocycles. The van der Waals surface area contributed by atoms with E-state index in [4.69, 9.17) is 19.9 Å². The van der Waals surface area contributed by atoms with E-state index < -0.39 is 11.7 Å². The molecule has 0 saturated heterocycles. The predicted molar refractivity (Wildman–Crippen MR) is 199 cm³/mol. The fraction of sp³-hybridized carbons (Fsp3) is 0.0455. The Bertz CT molecular complexity index is 3080. The molecule has 55 heavy (non-hydrogen) atoms. The van der Waals surface area contributed by atoms with Crippen molar-refractivity contribution in [3.05, 3.63) is 142 Å². The highest BCUT2D eigenvalue weighted by Crippen LogP contribution is 2.48. The third-order valence-corrected chi connectivity index (χ3v) is 9.89. The molecular weight excluding hydrogens is 698 g/mol. The molecule has 7 aromatic rings. The third kappa shape index (κ3) is 5.11. The first kappa shape index (κ1) is 32.9. The highest BCUT2D eigenvalue weighted by atomic mass is 19.4. The second kappa shape index (κ2) is 12.0. The van der Waals surface area contributed by atoms with Gasteiger partial charge >= 0.3 is 6.18 Å². The Morgan fingerprint density at radius 1 is 0.455 bits per heavy atom. The molecule has 0 atom stereocenters. The van der Waals surface area contributed by atoms with Crippen molar-refractivity contribution in [1.82, 2.24) is 19.9 Å². The van der Waals surface area contributed by atoms with Gasteiger partial charge in [0.05, 0.1) is 50.4 Å². The fourth-order valence-electron chi connectivity index (χ4n) is 7.24. The Labute approximate surface area is 310 Å². The number of halogens is 3. The molecule has 5 aromatic carbocycles. The minimum Gasteiger partial charge on any atom is -0.244 e.